The number of hydrogen-bond donors (Lipinski definition) is 3. The summed E-state index contributed by atoms with van der Waals surface area (Å²) >= 11 is 3.29. The number of aromatic nitrogens is 3. The molecule has 0 aliphatic carbocycles. The van der Waals surface area contributed by atoms with Gasteiger partial charge in [0.2, 0.25) is 5.91 Å². The second-order valence-corrected chi connectivity index (χ2v) is 10.5. The molecule has 3 N–H and O–H groups in total. The van der Waals surface area contributed by atoms with E-state index in [1.165, 1.54) is 10.4 Å². The normalized spacial score (nSPS) is 13.1. The fraction of sp³-hybridized carbons (Fsp3) is 0.360. The lowest BCUT2D eigenvalue weighted by molar-refractivity contribution is -0.116. The number of ether oxygens (including phenoxy) is 2. The van der Waals surface area contributed by atoms with Gasteiger partial charge in [-0.1, -0.05) is 6.07 Å². The largest absolute Gasteiger partial charge is 0.467 e. The highest BCUT2D eigenvalue weighted by Gasteiger charge is 2.25. The van der Waals surface area contributed by atoms with Gasteiger partial charge in [-0.25, -0.2) is 15.0 Å². The zero-order valence-electron chi connectivity index (χ0n) is 20.2. The van der Waals surface area contributed by atoms with Crippen LogP contribution in [0.5, 0.6) is 6.01 Å². The van der Waals surface area contributed by atoms with Gasteiger partial charge in [-0.2, -0.15) is 0 Å². The van der Waals surface area contributed by atoms with E-state index in [0.29, 0.717) is 25.6 Å². The van der Waals surface area contributed by atoms with Gasteiger partial charge in [-0.3, -0.25) is 4.79 Å². The van der Waals surface area contributed by atoms with Crippen molar-refractivity contribution in [3.63, 3.8) is 0 Å². The molecule has 11 heteroatoms. The SMILES string of the molecule is COCCNCCC(=O)Nc1sc2c(c1-c1nc3ccc(-c4cnc(OC)nc4)cc3s1)CCNC2. The van der Waals surface area contributed by atoms with E-state index in [-0.39, 0.29) is 5.91 Å². The van der Waals surface area contributed by atoms with Crippen LogP contribution in [0.15, 0.2) is 30.6 Å². The summed E-state index contributed by atoms with van der Waals surface area (Å²) < 4.78 is 11.2. The topological polar surface area (TPSA) is 110 Å². The van der Waals surface area contributed by atoms with E-state index >= 15 is 0 Å². The maximum absolute atomic E-state index is 12.7. The van der Waals surface area contributed by atoms with Gasteiger partial charge in [0.1, 0.15) is 10.0 Å². The number of carbonyl (C=O) groups excluding carboxylic acids is 1. The first kappa shape index (κ1) is 24.7. The molecular formula is C25H28N6O3S2. The average Bonchev–Trinajstić information content (AvgIpc) is 3.48. The molecule has 0 radical (unpaired) electrons. The number of anilines is 1. The third kappa shape index (κ3) is 5.40. The third-order valence-electron chi connectivity index (χ3n) is 5.94. The molecule has 0 unspecified atom stereocenters. The number of nitrogens with zero attached hydrogens (tertiary/aromatic N) is 3. The van der Waals surface area contributed by atoms with Crippen molar-refractivity contribution in [2.75, 3.05) is 45.8 Å². The first-order valence-electron chi connectivity index (χ1n) is 11.8. The van der Waals surface area contributed by atoms with Crippen molar-refractivity contribution in [1.82, 2.24) is 25.6 Å². The Morgan fingerprint density at radius 1 is 1.14 bits per heavy atom. The quantitative estimate of drug-likeness (QED) is 0.270. The number of thiazole rings is 1. The molecule has 0 saturated heterocycles. The molecule has 1 amide bonds. The van der Waals surface area contributed by atoms with E-state index in [2.05, 4.69) is 32.0 Å². The van der Waals surface area contributed by atoms with Crippen LogP contribution < -0.4 is 20.7 Å². The van der Waals surface area contributed by atoms with Crippen LogP contribution in [-0.4, -0.2) is 61.3 Å². The minimum Gasteiger partial charge on any atom is -0.467 e. The molecule has 9 nitrogen and oxygen atoms in total. The summed E-state index contributed by atoms with van der Waals surface area (Å²) in [6.07, 6.45) is 4.83. The number of rotatable bonds is 10. The number of carbonyl (C=O) groups is 1. The molecule has 3 aromatic heterocycles. The Labute approximate surface area is 217 Å². The predicted octanol–water partition coefficient (Wildman–Crippen LogP) is 3.70. The van der Waals surface area contributed by atoms with E-state index in [1.54, 1.807) is 49.3 Å². The number of amides is 1. The van der Waals surface area contributed by atoms with Gasteiger partial charge in [0.05, 0.1) is 23.9 Å². The van der Waals surface area contributed by atoms with E-state index < -0.39 is 0 Å². The lowest BCUT2D eigenvalue weighted by Gasteiger charge is -2.13. The van der Waals surface area contributed by atoms with Crippen molar-refractivity contribution < 1.29 is 14.3 Å². The summed E-state index contributed by atoms with van der Waals surface area (Å²) in [7, 11) is 3.22. The highest BCUT2D eigenvalue weighted by molar-refractivity contribution is 7.23. The minimum atomic E-state index is -0.00405. The number of thiophene rings is 1. The van der Waals surface area contributed by atoms with Crippen molar-refractivity contribution >= 4 is 43.8 Å². The van der Waals surface area contributed by atoms with Crippen molar-refractivity contribution in [2.24, 2.45) is 0 Å². The number of fused-ring (bicyclic) bond motifs is 2. The van der Waals surface area contributed by atoms with Crippen molar-refractivity contribution in [3.8, 4) is 27.7 Å². The van der Waals surface area contributed by atoms with Crippen molar-refractivity contribution in [2.45, 2.75) is 19.4 Å². The van der Waals surface area contributed by atoms with Crippen LogP contribution in [0.1, 0.15) is 16.9 Å². The van der Waals surface area contributed by atoms with Crippen LogP contribution in [0.4, 0.5) is 5.00 Å². The molecule has 0 bridgehead atoms. The van der Waals surface area contributed by atoms with E-state index in [1.807, 2.05) is 12.1 Å². The molecule has 0 fully saturated rings. The first-order chi connectivity index (χ1) is 17.7. The summed E-state index contributed by atoms with van der Waals surface area (Å²) in [5.41, 5.74) is 5.22. The van der Waals surface area contributed by atoms with Crippen LogP contribution in [0.2, 0.25) is 0 Å². The van der Waals surface area contributed by atoms with Crippen LogP contribution in [-0.2, 0) is 22.5 Å². The molecule has 36 heavy (non-hydrogen) atoms. The van der Waals surface area contributed by atoms with Crippen LogP contribution in [0.3, 0.4) is 0 Å². The van der Waals surface area contributed by atoms with Gasteiger partial charge in [-0.05, 0) is 36.2 Å². The Hall–Kier alpha value is -2.96. The summed E-state index contributed by atoms with van der Waals surface area (Å²) in [5, 5.41) is 11.6. The lowest BCUT2D eigenvalue weighted by Crippen LogP contribution is -2.24. The molecule has 0 atom stereocenters. The summed E-state index contributed by atoms with van der Waals surface area (Å²) in [4.78, 5) is 27.4. The standard InChI is InChI=1S/C25H28N6O3S2/c1-33-10-9-26-8-6-21(32)31-24-22(17-5-7-27-14-20(17)36-24)23-30-18-4-3-15(11-19(18)35-23)16-12-28-25(34-2)29-13-16/h3-4,11-13,26-27H,5-10,14H2,1-2H3,(H,31,32). The molecule has 1 aliphatic heterocycles. The molecule has 5 rings (SSSR count). The maximum Gasteiger partial charge on any atom is 0.316 e. The van der Waals surface area contributed by atoms with E-state index in [9.17, 15) is 4.79 Å². The van der Waals surface area contributed by atoms with Gasteiger partial charge in [-0.15, -0.1) is 22.7 Å². The van der Waals surface area contributed by atoms with Crippen LogP contribution in [0, 0.1) is 0 Å². The third-order valence-corrected chi connectivity index (χ3v) is 8.12. The predicted molar refractivity (Wildman–Crippen MR) is 144 cm³/mol. The minimum absolute atomic E-state index is 0.00405. The Bertz CT molecular complexity index is 1350. The molecule has 188 valence electrons. The monoisotopic (exact) mass is 524 g/mol. The molecule has 0 saturated carbocycles. The van der Waals surface area contributed by atoms with Gasteiger partial charge in [0.25, 0.3) is 0 Å². The van der Waals surface area contributed by atoms with Crippen molar-refractivity contribution in [1.29, 1.82) is 0 Å². The van der Waals surface area contributed by atoms with Crippen molar-refractivity contribution in [3.05, 3.63) is 41.0 Å². The molecule has 0 spiro atoms. The fourth-order valence-corrected chi connectivity index (χ4v) is 6.50. The Balaban J connectivity index is 1.42. The highest BCUT2D eigenvalue weighted by Crippen LogP contribution is 2.45. The average molecular weight is 525 g/mol. The fourth-order valence-electron chi connectivity index (χ4n) is 4.12. The van der Waals surface area contributed by atoms with Gasteiger partial charge < -0.3 is 25.4 Å². The number of nitrogens with one attached hydrogen (secondary N) is 3. The number of benzene rings is 1. The van der Waals surface area contributed by atoms with Gasteiger partial charge in [0, 0.05) is 61.6 Å². The zero-order valence-corrected chi connectivity index (χ0v) is 21.9. The van der Waals surface area contributed by atoms with Gasteiger partial charge in [0.15, 0.2) is 0 Å². The Morgan fingerprint density at radius 2 is 2.00 bits per heavy atom. The smallest absolute Gasteiger partial charge is 0.316 e. The summed E-state index contributed by atoms with van der Waals surface area (Å²) in [5.74, 6) is -0.00405. The number of methoxy groups -OCH3 is 2. The van der Waals surface area contributed by atoms with E-state index in [4.69, 9.17) is 14.5 Å². The Kier molecular flexibility index (Phi) is 7.83. The second-order valence-electron chi connectivity index (χ2n) is 8.34. The van der Waals surface area contributed by atoms with Crippen LogP contribution >= 0.6 is 22.7 Å². The highest BCUT2D eigenvalue weighted by atomic mass is 32.1. The van der Waals surface area contributed by atoms with Gasteiger partial charge >= 0.3 is 6.01 Å². The lowest BCUT2D eigenvalue weighted by atomic mass is 10.0. The van der Waals surface area contributed by atoms with E-state index in [0.717, 1.165) is 63.0 Å². The molecular weight excluding hydrogens is 496 g/mol. The molecule has 1 aliphatic rings. The molecule has 4 heterocycles. The maximum atomic E-state index is 12.7. The molecule has 1 aromatic carbocycles. The Morgan fingerprint density at radius 3 is 2.81 bits per heavy atom. The zero-order chi connectivity index (χ0) is 24.9. The summed E-state index contributed by atoms with van der Waals surface area (Å²) in [6.45, 7) is 3.69. The molecule has 4 aromatic rings. The first-order valence-corrected chi connectivity index (χ1v) is 13.4. The second kappa shape index (κ2) is 11.4. The number of hydrogen-bond acceptors (Lipinski definition) is 10. The van der Waals surface area contributed by atoms with Crippen LogP contribution in [0.25, 0.3) is 31.9 Å². The summed E-state index contributed by atoms with van der Waals surface area (Å²) in [6, 6.07) is 6.52.